The van der Waals surface area contributed by atoms with Crippen molar-refractivity contribution in [3.05, 3.63) is 106 Å². The Bertz CT molecular complexity index is 1640. The quantitative estimate of drug-likeness (QED) is 0.313. The van der Waals surface area contributed by atoms with Crippen LogP contribution in [0.15, 0.2) is 77.7 Å². The molecule has 1 aliphatic carbocycles. The predicted molar refractivity (Wildman–Crippen MR) is 146 cm³/mol. The van der Waals surface area contributed by atoms with Gasteiger partial charge in [-0.05, 0) is 66.3 Å². The normalized spacial score (nSPS) is 14.3. The minimum atomic E-state index is -3.58. The van der Waals surface area contributed by atoms with Crippen molar-refractivity contribution in [1.82, 2.24) is 9.29 Å². The Balaban J connectivity index is 1.48. The standard InChI is InChI=1S/C30H28N2O4S/c1-20-11-13-21(14-12-20)17-23-15-16-26-28(25-9-4-5-10-27(25)31-29(23)26)30(33)36-19-22-7-6-8-24(18-22)37(34,35)32(2)3/h4-14,17-18H,15-16,19H2,1-3H3/b23-17-. The zero-order valence-electron chi connectivity index (χ0n) is 21.1. The molecule has 0 saturated carbocycles. The second-order valence-corrected chi connectivity index (χ2v) is 11.6. The Hall–Kier alpha value is -3.81. The van der Waals surface area contributed by atoms with Gasteiger partial charge in [-0.3, -0.25) is 0 Å². The molecule has 6 nitrogen and oxygen atoms in total. The van der Waals surface area contributed by atoms with Crippen LogP contribution in [0, 0.1) is 6.92 Å². The summed E-state index contributed by atoms with van der Waals surface area (Å²) in [6, 6.07) is 22.4. The van der Waals surface area contributed by atoms with Gasteiger partial charge in [-0.1, -0.05) is 60.2 Å². The van der Waals surface area contributed by atoms with Crippen LogP contribution in [0.2, 0.25) is 0 Å². The lowest BCUT2D eigenvalue weighted by molar-refractivity contribution is 0.0473. The summed E-state index contributed by atoms with van der Waals surface area (Å²) in [5, 5.41) is 0.756. The molecule has 37 heavy (non-hydrogen) atoms. The summed E-state index contributed by atoms with van der Waals surface area (Å²) in [6.45, 7) is 2.03. The van der Waals surface area contributed by atoms with Crippen molar-refractivity contribution in [2.75, 3.05) is 14.1 Å². The molecule has 0 spiro atoms. The van der Waals surface area contributed by atoms with Gasteiger partial charge in [0, 0.05) is 19.5 Å². The van der Waals surface area contributed by atoms with Crippen LogP contribution in [0.25, 0.3) is 22.6 Å². The molecular weight excluding hydrogens is 484 g/mol. The van der Waals surface area contributed by atoms with Crippen molar-refractivity contribution in [1.29, 1.82) is 0 Å². The fourth-order valence-corrected chi connectivity index (χ4v) is 5.58. The minimum Gasteiger partial charge on any atom is -0.457 e. The lowest BCUT2D eigenvalue weighted by atomic mass is 10.0. The highest BCUT2D eigenvalue weighted by molar-refractivity contribution is 7.89. The maximum absolute atomic E-state index is 13.5. The molecule has 0 bridgehead atoms. The summed E-state index contributed by atoms with van der Waals surface area (Å²) in [7, 11) is -0.613. The number of fused-ring (bicyclic) bond motifs is 2. The average molecular weight is 513 g/mol. The van der Waals surface area contributed by atoms with Gasteiger partial charge in [0.05, 0.1) is 21.7 Å². The molecule has 0 N–H and O–H groups in total. The van der Waals surface area contributed by atoms with E-state index < -0.39 is 16.0 Å². The van der Waals surface area contributed by atoms with Crippen LogP contribution in [0.1, 0.15) is 44.7 Å². The Labute approximate surface area is 217 Å². The number of pyridine rings is 1. The third-order valence-electron chi connectivity index (χ3n) is 6.61. The first-order valence-electron chi connectivity index (χ1n) is 12.1. The third-order valence-corrected chi connectivity index (χ3v) is 8.42. The fourth-order valence-electron chi connectivity index (χ4n) is 4.60. The molecule has 0 aliphatic heterocycles. The van der Waals surface area contributed by atoms with Crippen LogP contribution in [-0.4, -0.2) is 37.8 Å². The van der Waals surface area contributed by atoms with Crippen molar-refractivity contribution in [2.45, 2.75) is 31.3 Å². The van der Waals surface area contributed by atoms with Gasteiger partial charge in [0.25, 0.3) is 0 Å². The number of esters is 1. The summed E-state index contributed by atoms with van der Waals surface area (Å²) >= 11 is 0. The number of sulfonamides is 1. The maximum atomic E-state index is 13.5. The maximum Gasteiger partial charge on any atom is 0.339 e. The lowest BCUT2D eigenvalue weighted by Crippen LogP contribution is -2.22. The first-order valence-corrected chi connectivity index (χ1v) is 13.6. The predicted octanol–water partition coefficient (Wildman–Crippen LogP) is 5.64. The Morgan fingerprint density at radius 3 is 2.51 bits per heavy atom. The van der Waals surface area contributed by atoms with E-state index >= 15 is 0 Å². The van der Waals surface area contributed by atoms with Gasteiger partial charge in [-0.15, -0.1) is 0 Å². The van der Waals surface area contributed by atoms with Gasteiger partial charge in [0.2, 0.25) is 10.0 Å². The molecule has 1 heterocycles. The molecule has 4 aromatic rings. The largest absolute Gasteiger partial charge is 0.457 e. The zero-order chi connectivity index (χ0) is 26.2. The van der Waals surface area contributed by atoms with Crippen molar-refractivity contribution in [2.24, 2.45) is 0 Å². The SMILES string of the molecule is Cc1ccc(/C=C2/CCc3c2nc2ccccc2c3C(=O)OCc2cccc(S(=O)(=O)N(C)C)c2)cc1. The summed E-state index contributed by atoms with van der Waals surface area (Å²) in [6.07, 6.45) is 3.63. The van der Waals surface area contributed by atoms with E-state index in [1.54, 1.807) is 18.2 Å². The average Bonchev–Trinajstić information content (AvgIpc) is 3.29. The number of benzene rings is 3. The summed E-state index contributed by atoms with van der Waals surface area (Å²) in [5.74, 6) is -0.438. The molecular formula is C30H28N2O4S. The van der Waals surface area contributed by atoms with Crippen LogP contribution >= 0.6 is 0 Å². The summed E-state index contributed by atoms with van der Waals surface area (Å²) < 4.78 is 31.9. The molecule has 188 valence electrons. The number of para-hydroxylation sites is 1. The highest BCUT2D eigenvalue weighted by Gasteiger charge is 2.28. The number of ether oxygens (including phenoxy) is 1. The van der Waals surface area contributed by atoms with Crippen LogP contribution in [-0.2, 0) is 27.8 Å². The first-order chi connectivity index (χ1) is 17.7. The third kappa shape index (κ3) is 4.92. The van der Waals surface area contributed by atoms with E-state index in [2.05, 4.69) is 37.3 Å². The Kier molecular flexibility index (Phi) is 6.67. The van der Waals surface area contributed by atoms with Crippen molar-refractivity contribution >= 4 is 38.5 Å². The molecule has 3 aromatic carbocycles. The van der Waals surface area contributed by atoms with E-state index in [1.165, 1.54) is 25.7 Å². The zero-order valence-corrected chi connectivity index (χ0v) is 21.9. The van der Waals surface area contributed by atoms with Gasteiger partial charge in [-0.25, -0.2) is 22.5 Å². The monoisotopic (exact) mass is 512 g/mol. The summed E-state index contributed by atoms with van der Waals surface area (Å²) in [4.78, 5) is 18.6. The number of hydrogen-bond donors (Lipinski definition) is 0. The molecule has 0 atom stereocenters. The molecule has 0 unspecified atom stereocenters. The van der Waals surface area contributed by atoms with Crippen molar-refractivity contribution < 1.29 is 17.9 Å². The van der Waals surface area contributed by atoms with Gasteiger partial charge in [0.15, 0.2) is 0 Å². The van der Waals surface area contributed by atoms with Crippen LogP contribution in [0.5, 0.6) is 0 Å². The topological polar surface area (TPSA) is 76.6 Å². The van der Waals surface area contributed by atoms with E-state index in [9.17, 15) is 13.2 Å². The molecule has 1 aromatic heterocycles. The van der Waals surface area contributed by atoms with E-state index in [0.717, 1.165) is 44.0 Å². The van der Waals surface area contributed by atoms with Crippen LogP contribution in [0.3, 0.4) is 0 Å². The van der Waals surface area contributed by atoms with Gasteiger partial charge in [0.1, 0.15) is 6.61 Å². The van der Waals surface area contributed by atoms with Gasteiger partial charge >= 0.3 is 5.97 Å². The Morgan fingerprint density at radius 2 is 1.76 bits per heavy atom. The fraction of sp³-hybridized carbons (Fsp3) is 0.200. The number of carbonyl (C=O) groups is 1. The minimum absolute atomic E-state index is 0.0346. The number of nitrogens with zero attached hydrogens (tertiary/aromatic N) is 2. The van der Waals surface area contributed by atoms with Gasteiger partial charge in [-0.2, -0.15) is 0 Å². The molecule has 0 saturated heterocycles. The second-order valence-electron chi connectivity index (χ2n) is 9.42. The number of hydrogen-bond acceptors (Lipinski definition) is 5. The molecule has 1 aliphatic rings. The number of aromatic nitrogens is 1. The van der Waals surface area contributed by atoms with E-state index in [0.29, 0.717) is 17.5 Å². The van der Waals surface area contributed by atoms with Gasteiger partial charge < -0.3 is 4.74 Å². The van der Waals surface area contributed by atoms with Crippen molar-refractivity contribution in [3.63, 3.8) is 0 Å². The van der Waals surface area contributed by atoms with Crippen LogP contribution in [0.4, 0.5) is 0 Å². The van der Waals surface area contributed by atoms with Crippen molar-refractivity contribution in [3.8, 4) is 0 Å². The highest BCUT2D eigenvalue weighted by Crippen LogP contribution is 2.38. The lowest BCUT2D eigenvalue weighted by Gasteiger charge is -2.14. The number of allylic oxidation sites excluding steroid dienone is 1. The van der Waals surface area contributed by atoms with E-state index in [1.807, 2.05) is 24.3 Å². The Morgan fingerprint density at radius 1 is 1.00 bits per heavy atom. The number of aryl methyl sites for hydroxylation is 1. The second kappa shape index (κ2) is 9.92. The highest BCUT2D eigenvalue weighted by atomic mass is 32.2. The first kappa shape index (κ1) is 24.9. The molecule has 7 heteroatoms. The molecule has 0 fully saturated rings. The van der Waals surface area contributed by atoms with E-state index in [-0.39, 0.29) is 11.5 Å². The smallest absolute Gasteiger partial charge is 0.339 e. The van der Waals surface area contributed by atoms with Crippen LogP contribution < -0.4 is 0 Å². The molecule has 5 rings (SSSR count). The molecule has 0 radical (unpaired) electrons. The van der Waals surface area contributed by atoms with E-state index in [4.69, 9.17) is 9.72 Å². The number of carbonyl (C=O) groups excluding carboxylic acids is 1. The number of rotatable bonds is 6. The molecule has 0 amide bonds. The summed E-state index contributed by atoms with van der Waals surface area (Å²) in [5.41, 5.74) is 7.00.